The van der Waals surface area contributed by atoms with Gasteiger partial charge in [0.2, 0.25) is 5.91 Å². The van der Waals surface area contributed by atoms with Crippen molar-refractivity contribution in [2.45, 2.75) is 38.5 Å². The van der Waals surface area contributed by atoms with E-state index in [2.05, 4.69) is 24.3 Å². The highest BCUT2D eigenvalue weighted by Crippen LogP contribution is 2.36. The molecule has 2 nitrogen and oxygen atoms in total. The van der Waals surface area contributed by atoms with Crippen LogP contribution in [0.15, 0.2) is 11.4 Å². The molecule has 1 atom stereocenters. The number of hydrogen-bond donors (Lipinski definition) is 0. The van der Waals surface area contributed by atoms with Crippen LogP contribution in [0.4, 0.5) is 0 Å². The Morgan fingerprint density at radius 1 is 1.67 bits per heavy atom. The van der Waals surface area contributed by atoms with E-state index in [1.165, 1.54) is 10.4 Å². The number of fused-ring (bicyclic) bond motifs is 1. The maximum atomic E-state index is 12.6. The van der Waals surface area contributed by atoms with Crippen LogP contribution in [0.25, 0.3) is 0 Å². The zero-order valence-electron chi connectivity index (χ0n) is 10.8. The summed E-state index contributed by atoms with van der Waals surface area (Å²) in [6, 6.07) is 2.11. The normalized spacial score (nSPS) is 17.9. The van der Waals surface area contributed by atoms with E-state index in [0.29, 0.717) is 6.54 Å². The molecule has 1 aliphatic rings. The Labute approximate surface area is 113 Å². The zero-order chi connectivity index (χ0) is 13.0. The first kappa shape index (κ1) is 13.2. The molecule has 0 N–H and O–H groups in total. The Bertz CT molecular complexity index is 457. The molecule has 1 aliphatic carbocycles. The molecule has 2 rings (SSSR count). The highest BCUT2D eigenvalue weighted by atomic mass is 32.1. The van der Waals surface area contributed by atoms with Gasteiger partial charge in [0, 0.05) is 11.4 Å². The van der Waals surface area contributed by atoms with Gasteiger partial charge in [-0.05, 0) is 42.7 Å². The summed E-state index contributed by atoms with van der Waals surface area (Å²) in [7, 11) is 0. The molecule has 0 aliphatic heterocycles. The summed E-state index contributed by atoms with van der Waals surface area (Å²) >= 11 is 1.77. The average molecular weight is 261 g/mol. The fourth-order valence-corrected chi connectivity index (χ4v) is 3.60. The Hall–Kier alpha value is -1.27. The lowest BCUT2D eigenvalue weighted by Crippen LogP contribution is -2.37. The van der Waals surface area contributed by atoms with E-state index < -0.39 is 0 Å². The van der Waals surface area contributed by atoms with E-state index in [4.69, 9.17) is 6.42 Å². The minimum atomic E-state index is 0.0416. The quantitative estimate of drug-likeness (QED) is 0.763. The van der Waals surface area contributed by atoms with Crippen molar-refractivity contribution >= 4 is 17.2 Å². The first-order valence-corrected chi connectivity index (χ1v) is 7.44. The van der Waals surface area contributed by atoms with Crippen molar-refractivity contribution in [2.75, 3.05) is 13.1 Å². The van der Waals surface area contributed by atoms with Crippen molar-refractivity contribution in [3.8, 4) is 12.3 Å². The van der Waals surface area contributed by atoms with E-state index in [0.717, 1.165) is 32.2 Å². The summed E-state index contributed by atoms with van der Waals surface area (Å²) in [5, 5.41) is 2.10. The molecule has 18 heavy (non-hydrogen) atoms. The summed E-state index contributed by atoms with van der Waals surface area (Å²) in [4.78, 5) is 15.8. The number of hydrogen-bond acceptors (Lipinski definition) is 2. The Morgan fingerprint density at radius 2 is 2.50 bits per heavy atom. The number of carbonyl (C=O) groups excluding carboxylic acids is 1. The summed E-state index contributed by atoms with van der Waals surface area (Å²) < 4.78 is 0. The van der Waals surface area contributed by atoms with Gasteiger partial charge in [-0.3, -0.25) is 4.79 Å². The molecule has 1 heterocycles. The van der Waals surface area contributed by atoms with Gasteiger partial charge in [-0.1, -0.05) is 12.8 Å². The molecule has 1 unspecified atom stereocenters. The van der Waals surface area contributed by atoms with Crippen LogP contribution in [0.3, 0.4) is 0 Å². The molecule has 0 fully saturated rings. The van der Waals surface area contributed by atoms with Crippen molar-refractivity contribution in [3.63, 3.8) is 0 Å². The van der Waals surface area contributed by atoms with E-state index >= 15 is 0 Å². The van der Waals surface area contributed by atoms with Crippen LogP contribution in [0, 0.1) is 12.3 Å². The van der Waals surface area contributed by atoms with Gasteiger partial charge in [0.25, 0.3) is 0 Å². The Morgan fingerprint density at radius 3 is 3.22 bits per heavy atom. The van der Waals surface area contributed by atoms with Crippen molar-refractivity contribution in [2.24, 2.45) is 0 Å². The van der Waals surface area contributed by atoms with Gasteiger partial charge in [-0.25, -0.2) is 0 Å². The van der Waals surface area contributed by atoms with Gasteiger partial charge in [-0.2, -0.15) is 0 Å². The van der Waals surface area contributed by atoms with Gasteiger partial charge >= 0.3 is 0 Å². The molecule has 0 saturated carbocycles. The minimum absolute atomic E-state index is 0.0416. The van der Waals surface area contributed by atoms with Crippen LogP contribution in [0.2, 0.25) is 0 Å². The second-order valence-corrected chi connectivity index (χ2v) is 5.71. The van der Waals surface area contributed by atoms with Crippen molar-refractivity contribution in [3.05, 3.63) is 21.9 Å². The monoisotopic (exact) mass is 261 g/mol. The lowest BCUT2D eigenvalue weighted by Gasteiger charge is -2.28. The van der Waals surface area contributed by atoms with Crippen LogP contribution < -0.4 is 0 Å². The lowest BCUT2D eigenvalue weighted by atomic mass is 9.86. The highest BCUT2D eigenvalue weighted by molar-refractivity contribution is 7.10. The molecular formula is C15H19NOS. The van der Waals surface area contributed by atoms with Crippen LogP contribution in [0.1, 0.15) is 42.5 Å². The molecule has 0 radical (unpaired) electrons. The SMILES string of the molecule is C#CCN(CCC)C(=O)C1CCCc2sccc21. The largest absolute Gasteiger partial charge is 0.331 e. The molecule has 0 aromatic carbocycles. The van der Waals surface area contributed by atoms with Crippen molar-refractivity contribution < 1.29 is 4.79 Å². The number of carbonyl (C=O) groups is 1. The summed E-state index contributed by atoms with van der Waals surface area (Å²) in [5.74, 6) is 2.86. The van der Waals surface area contributed by atoms with Crippen LogP contribution >= 0.6 is 11.3 Å². The fraction of sp³-hybridized carbons (Fsp3) is 0.533. The smallest absolute Gasteiger partial charge is 0.230 e. The first-order chi connectivity index (χ1) is 8.77. The molecule has 96 valence electrons. The molecule has 0 bridgehead atoms. The van der Waals surface area contributed by atoms with Gasteiger partial charge < -0.3 is 4.90 Å². The maximum Gasteiger partial charge on any atom is 0.230 e. The van der Waals surface area contributed by atoms with E-state index in [1.807, 2.05) is 4.90 Å². The Kier molecular flexibility index (Phi) is 4.43. The van der Waals surface area contributed by atoms with E-state index in [1.54, 1.807) is 11.3 Å². The third-order valence-corrected chi connectivity index (χ3v) is 4.43. The third-order valence-electron chi connectivity index (χ3n) is 3.44. The average Bonchev–Trinajstić information content (AvgIpc) is 2.85. The van der Waals surface area contributed by atoms with E-state index in [9.17, 15) is 4.79 Å². The predicted molar refractivity (Wildman–Crippen MR) is 75.7 cm³/mol. The molecule has 0 saturated heterocycles. The topological polar surface area (TPSA) is 20.3 Å². The number of amides is 1. The number of thiophene rings is 1. The zero-order valence-corrected chi connectivity index (χ0v) is 11.6. The van der Waals surface area contributed by atoms with Gasteiger partial charge in [-0.15, -0.1) is 17.8 Å². The highest BCUT2D eigenvalue weighted by Gasteiger charge is 2.30. The second-order valence-electron chi connectivity index (χ2n) is 4.71. The number of aryl methyl sites for hydroxylation is 1. The van der Waals surface area contributed by atoms with Crippen LogP contribution in [-0.2, 0) is 11.2 Å². The van der Waals surface area contributed by atoms with Crippen LogP contribution in [-0.4, -0.2) is 23.9 Å². The molecule has 1 amide bonds. The fourth-order valence-electron chi connectivity index (χ4n) is 2.61. The predicted octanol–water partition coefficient (Wildman–Crippen LogP) is 3.04. The Balaban J connectivity index is 2.17. The standard InChI is InChI=1S/C15H19NOS/c1-3-9-16(10-4-2)15(17)13-6-5-7-14-12(13)8-11-18-14/h1,8,11,13H,4-7,9-10H2,2H3. The van der Waals surface area contributed by atoms with E-state index in [-0.39, 0.29) is 11.8 Å². The summed E-state index contributed by atoms with van der Waals surface area (Å²) in [5.41, 5.74) is 1.24. The molecular weight excluding hydrogens is 242 g/mol. The third kappa shape index (κ3) is 2.59. The number of rotatable bonds is 4. The molecule has 1 aromatic heterocycles. The summed E-state index contributed by atoms with van der Waals surface area (Å²) in [6.45, 7) is 3.27. The van der Waals surface area contributed by atoms with Crippen molar-refractivity contribution in [1.82, 2.24) is 4.90 Å². The maximum absolute atomic E-state index is 12.6. The molecule has 1 aromatic rings. The lowest BCUT2D eigenvalue weighted by molar-refractivity contribution is -0.132. The van der Waals surface area contributed by atoms with Gasteiger partial charge in [0.05, 0.1) is 12.5 Å². The second kappa shape index (κ2) is 6.06. The summed E-state index contributed by atoms with van der Waals surface area (Å²) in [6.07, 6.45) is 9.52. The molecule has 3 heteroatoms. The minimum Gasteiger partial charge on any atom is -0.331 e. The number of nitrogens with zero attached hydrogens (tertiary/aromatic N) is 1. The van der Waals surface area contributed by atoms with Crippen molar-refractivity contribution in [1.29, 1.82) is 0 Å². The van der Waals surface area contributed by atoms with Crippen LogP contribution in [0.5, 0.6) is 0 Å². The van der Waals surface area contributed by atoms with Gasteiger partial charge in [0.15, 0.2) is 0 Å². The molecule has 0 spiro atoms. The first-order valence-electron chi connectivity index (χ1n) is 6.56. The number of terminal acetylenes is 1. The van der Waals surface area contributed by atoms with Gasteiger partial charge in [0.1, 0.15) is 0 Å².